The molecule has 168 valence electrons. The van der Waals surface area contributed by atoms with Crippen molar-refractivity contribution < 1.29 is 14.0 Å². The van der Waals surface area contributed by atoms with Gasteiger partial charge in [-0.1, -0.05) is 6.07 Å². The molecule has 7 heteroatoms. The van der Waals surface area contributed by atoms with E-state index in [2.05, 4.69) is 20.4 Å². The Morgan fingerprint density at radius 1 is 1.13 bits per heavy atom. The van der Waals surface area contributed by atoms with Gasteiger partial charge in [-0.25, -0.2) is 4.39 Å². The van der Waals surface area contributed by atoms with Crippen molar-refractivity contribution in [1.82, 2.24) is 15.1 Å². The number of benzene rings is 1. The van der Waals surface area contributed by atoms with Gasteiger partial charge >= 0.3 is 0 Å². The minimum Gasteiger partial charge on any atom is -0.373 e. The number of likely N-dealkylation sites (tertiary alicyclic amines) is 2. The fourth-order valence-corrected chi connectivity index (χ4v) is 6.49. The Morgan fingerprint density at radius 3 is 2.71 bits per heavy atom. The average molecular weight is 429 g/mol. The van der Waals surface area contributed by atoms with Crippen molar-refractivity contribution in [2.45, 2.75) is 89.0 Å². The number of rotatable bonds is 3. The van der Waals surface area contributed by atoms with E-state index in [-0.39, 0.29) is 23.7 Å². The molecule has 1 unspecified atom stereocenters. The van der Waals surface area contributed by atoms with Crippen LogP contribution in [-0.4, -0.2) is 64.9 Å². The van der Waals surface area contributed by atoms with E-state index in [1.54, 1.807) is 13.0 Å². The van der Waals surface area contributed by atoms with Gasteiger partial charge in [-0.15, -0.1) is 0 Å². The first-order chi connectivity index (χ1) is 14.9. The minimum absolute atomic E-state index is 0.0245. The van der Waals surface area contributed by atoms with Gasteiger partial charge in [-0.05, 0) is 57.1 Å². The lowest BCUT2D eigenvalue weighted by molar-refractivity contribution is -0.129. The topological polar surface area (TPSA) is 64.7 Å². The highest BCUT2D eigenvalue weighted by Crippen LogP contribution is 2.37. The molecule has 1 aromatic rings. The lowest BCUT2D eigenvalue weighted by Crippen LogP contribution is -2.50. The van der Waals surface area contributed by atoms with Crippen LogP contribution in [0.1, 0.15) is 56.6 Å². The number of carbonyl (C=O) groups is 2. The molecule has 1 aliphatic carbocycles. The SMILES string of the molecule is CC(=O)N1CC[C@@H]2[C@H]1CCN2[C@H]1CCC[C@@H](NC(=O)C2Cc3c(F)ccc(C)c3N2)C1. The van der Waals surface area contributed by atoms with Crippen LogP contribution in [0.25, 0.3) is 0 Å². The van der Waals surface area contributed by atoms with Crippen LogP contribution in [0.2, 0.25) is 0 Å². The fourth-order valence-electron chi connectivity index (χ4n) is 6.49. The Bertz CT molecular complexity index is 860. The maximum Gasteiger partial charge on any atom is 0.243 e. The standard InChI is InChI=1S/C24H33FN4O2/c1-14-6-7-19(25)18-13-20(27-23(14)18)24(31)26-16-4-3-5-17(12-16)29-11-9-21-22(29)8-10-28(21)15(2)30/h6-7,16-17,20-22,27H,3-5,8-13H2,1-2H3,(H,26,31)/t16-,17+,20?,21-,22-/m1/s1. The maximum absolute atomic E-state index is 14.2. The number of aryl methyl sites for hydroxylation is 1. The van der Waals surface area contributed by atoms with Crippen LogP contribution in [0.5, 0.6) is 0 Å². The number of hydrogen-bond acceptors (Lipinski definition) is 4. The minimum atomic E-state index is -0.402. The molecule has 4 aliphatic rings. The third kappa shape index (κ3) is 3.71. The first kappa shape index (κ1) is 20.7. The van der Waals surface area contributed by atoms with E-state index in [0.717, 1.165) is 62.9 Å². The summed E-state index contributed by atoms with van der Waals surface area (Å²) < 4.78 is 14.2. The van der Waals surface area contributed by atoms with Crippen molar-refractivity contribution in [1.29, 1.82) is 0 Å². The van der Waals surface area contributed by atoms with Gasteiger partial charge in [0, 0.05) is 61.9 Å². The second-order valence-electron chi connectivity index (χ2n) is 9.81. The molecule has 6 nitrogen and oxygen atoms in total. The van der Waals surface area contributed by atoms with Gasteiger partial charge in [0.25, 0.3) is 0 Å². The van der Waals surface area contributed by atoms with Gasteiger partial charge in [-0.2, -0.15) is 0 Å². The van der Waals surface area contributed by atoms with Crippen molar-refractivity contribution in [2.75, 3.05) is 18.4 Å². The molecule has 2 amide bonds. The Hall–Kier alpha value is -2.15. The van der Waals surface area contributed by atoms with Crippen LogP contribution < -0.4 is 10.6 Å². The molecule has 0 spiro atoms. The summed E-state index contributed by atoms with van der Waals surface area (Å²) in [6, 6.07) is 4.31. The van der Waals surface area contributed by atoms with E-state index in [1.807, 2.05) is 6.92 Å². The predicted molar refractivity (Wildman–Crippen MR) is 117 cm³/mol. The Balaban J connectivity index is 1.19. The molecule has 2 N–H and O–H groups in total. The molecule has 5 rings (SSSR count). The quantitative estimate of drug-likeness (QED) is 0.777. The van der Waals surface area contributed by atoms with Gasteiger partial charge in [0.15, 0.2) is 0 Å². The highest BCUT2D eigenvalue weighted by Gasteiger charge is 2.46. The molecule has 0 bridgehead atoms. The molecule has 5 atom stereocenters. The Morgan fingerprint density at radius 2 is 1.94 bits per heavy atom. The largest absolute Gasteiger partial charge is 0.373 e. The zero-order valence-corrected chi connectivity index (χ0v) is 18.5. The van der Waals surface area contributed by atoms with Gasteiger partial charge in [0.05, 0.1) is 0 Å². The maximum atomic E-state index is 14.2. The third-order valence-electron chi connectivity index (χ3n) is 7.99. The summed E-state index contributed by atoms with van der Waals surface area (Å²) in [4.78, 5) is 29.6. The molecule has 3 heterocycles. The zero-order chi connectivity index (χ0) is 21.7. The number of fused-ring (bicyclic) bond motifs is 2. The number of nitrogens with one attached hydrogen (secondary N) is 2. The van der Waals surface area contributed by atoms with Crippen molar-refractivity contribution >= 4 is 17.5 Å². The number of anilines is 1. The van der Waals surface area contributed by atoms with Crippen molar-refractivity contribution in [3.8, 4) is 0 Å². The van der Waals surface area contributed by atoms with Crippen LogP contribution in [-0.2, 0) is 16.0 Å². The lowest BCUT2D eigenvalue weighted by atomic mass is 9.89. The molecule has 31 heavy (non-hydrogen) atoms. The smallest absolute Gasteiger partial charge is 0.243 e. The predicted octanol–water partition coefficient (Wildman–Crippen LogP) is 2.59. The highest BCUT2D eigenvalue weighted by atomic mass is 19.1. The van der Waals surface area contributed by atoms with Gasteiger partial charge < -0.3 is 15.5 Å². The normalized spacial score (nSPS) is 32.5. The average Bonchev–Trinajstić information content (AvgIpc) is 3.45. The van der Waals surface area contributed by atoms with E-state index in [0.29, 0.717) is 30.1 Å². The molecule has 3 aliphatic heterocycles. The van der Waals surface area contributed by atoms with Gasteiger partial charge in [0.2, 0.25) is 11.8 Å². The van der Waals surface area contributed by atoms with Crippen molar-refractivity contribution in [3.05, 3.63) is 29.1 Å². The van der Waals surface area contributed by atoms with Crippen LogP contribution >= 0.6 is 0 Å². The number of carbonyl (C=O) groups excluding carboxylic acids is 2. The van der Waals surface area contributed by atoms with E-state index in [9.17, 15) is 14.0 Å². The molecule has 3 fully saturated rings. The summed E-state index contributed by atoms with van der Waals surface area (Å²) in [5.41, 5.74) is 2.38. The summed E-state index contributed by atoms with van der Waals surface area (Å²) >= 11 is 0. The van der Waals surface area contributed by atoms with Crippen LogP contribution in [0.3, 0.4) is 0 Å². The monoisotopic (exact) mass is 428 g/mol. The van der Waals surface area contributed by atoms with E-state index >= 15 is 0 Å². The van der Waals surface area contributed by atoms with Gasteiger partial charge in [0.1, 0.15) is 11.9 Å². The lowest BCUT2D eigenvalue weighted by Gasteiger charge is -2.38. The van der Waals surface area contributed by atoms with E-state index in [1.165, 1.54) is 6.07 Å². The summed E-state index contributed by atoms with van der Waals surface area (Å²) in [5, 5.41) is 6.50. The Kier molecular flexibility index (Phi) is 5.40. The van der Waals surface area contributed by atoms with Crippen molar-refractivity contribution in [3.63, 3.8) is 0 Å². The number of nitrogens with zero attached hydrogens (tertiary/aromatic N) is 2. The molecule has 0 radical (unpaired) electrons. The molecule has 1 aromatic carbocycles. The highest BCUT2D eigenvalue weighted by molar-refractivity contribution is 5.88. The molecule has 2 saturated heterocycles. The van der Waals surface area contributed by atoms with Crippen molar-refractivity contribution in [2.24, 2.45) is 0 Å². The molecular formula is C24H33FN4O2. The number of amides is 2. The summed E-state index contributed by atoms with van der Waals surface area (Å²) in [6.07, 6.45) is 6.75. The molecule has 0 aromatic heterocycles. The first-order valence-electron chi connectivity index (χ1n) is 11.8. The summed E-state index contributed by atoms with van der Waals surface area (Å²) in [5.74, 6) is -0.0654. The molecule has 1 saturated carbocycles. The number of hydrogen-bond donors (Lipinski definition) is 2. The zero-order valence-electron chi connectivity index (χ0n) is 18.5. The van der Waals surface area contributed by atoms with Gasteiger partial charge in [-0.3, -0.25) is 14.5 Å². The van der Waals surface area contributed by atoms with Crippen LogP contribution in [0.4, 0.5) is 10.1 Å². The van der Waals surface area contributed by atoms with E-state index < -0.39 is 6.04 Å². The fraction of sp³-hybridized carbons (Fsp3) is 0.667. The van der Waals surface area contributed by atoms with Crippen LogP contribution in [0.15, 0.2) is 12.1 Å². The summed E-state index contributed by atoms with van der Waals surface area (Å²) in [7, 11) is 0. The van der Waals surface area contributed by atoms with Crippen LogP contribution in [0, 0.1) is 12.7 Å². The second kappa shape index (κ2) is 8.08. The first-order valence-corrected chi connectivity index (χ1v) is 11.8. The Labute approximate surface area is 183 Å². The number of halogens is 1. The third-order valence-corrected chi connectivity index (χ3v) is 7.99. The molecular weight excluding hydrogens is 395 g/mol. The second-order valence-corrected chi connectivity index (χ2v) is 9.81. The van der Waals surface area contributed by atoms with E-state index in [4.69, 9.17) is 0 Å². The summed E-state index contributed by atoms with van der Waals surface area (Å²) in [6.45, 7) is 5.54.